The summed E-state index contributed by atoms with van der Waals surface area (Å²) in [6.45, 7) is 6.27. The van der Waals surface area contributed by atoms with Crippen LogP contribution in [0.2, 0.25) is 0 Å². The van der Waals surface area contributed by atoms with E-state index in [0.717, 1.165) is 29.5 Å². The van der Waals surface area contributed by atoms with Crippen molar-refractivity contribution in [2.24, 2.45) is 7.05 Å². The van der Waals surface area contributed by atoms with E-state index in [1.807, 2.05) is 45.0 Å². The van der Waals surface area contributed by atoms with E-state index in [0.29, 0.717) is 58.7 Å². The van der Waals surface area contributed by atoms with Gasteiger partial charge in [-0.1, -0.05) is 31.0 Å². The number of aromatic amines is 1. The van der Waals surface area contributed by atoms with Crippen molar-refractivity contribution in [2.75, 3.05) is 6.54 Å². The van der Waals surface area contributed by atoms with Crippen molar-refractivity contribution in [3.05, 3.63) is 75.5 Å². The molecular formula is C29H32N4O4. The summed E-state index contributed by atoms with van der Waals surface area (Å²) in [5.74, 6) is 0.788. The lowest BCUT2D eigenvalue weighted by Gasteiger charge is -2.24. The number of pyridine rings is 2. The van der Waals surface area contributed by atoms with E-state index in [4.69, 9.17) is 9.72 Å². The molecule has 0 spiro atoms. The molecule has 1 aliphatic carbocycles. The molecule has 3 heterocycles. The topological polar surface area (TPSA) is 109 Å². The first-order valence-corrected chi connectivity index (χ1v) is 12.7. The van der Waals surface area contributed by atoms with E-state index < -0.39 is 5.60 Å². The van der Waals surface area contributed by atoms with Crippen LogP contribution in [-0.2, 0) is 12.6 Å². The highest BCUT2D eigenvalue weighted by Crippen LogP contribution is 2.43. The fourth-order valence-corrected chi connectivity index (χ4v) is 5.21. The minimum atomic E-state index is -0.955. The average Bonchev–Trinajstić information content (AvgIpc) is 3.52. The first-order chi connectivity index (χ1) is 17.7. The standard InChI is InChI=1S/C29H32N4O4/c1-5-30-26(34)23-14-20-22(16-33(4)28(35)24(20)32-23)21-13-19(29(36)11-6-7-12-29)15-31-27(21)37-25-17(2)9-8-10-18(25)3/h8-10,13-16,32,36H,5-7,11-12H2,1-4H3,(H,30,34). The highest BCUT2D eigenvalue weighted by molar-refractivity contribution is 6.03. The number of ether oxygens (including phenoxy) is 1. The van der Waals surface area contributed by atoms with E-state index >= 15 is 0 Å². The molecule has 1 saturated carbocycles. The molecular weight excluding hydrogens is 468 g/mol. The number of nitrogens with one attached hydrogen (secondary N) is 2. The second kappa shape index (κ2) is 9.52. The van der Waals surface area contributed by atoms with Gasteiger partial charge in [-0.3, -0.25) is 9.59 Å². The molecule has 1 fully saturated rings. The Kier molecular flexibility index (Phi) is 6.37. The van der Waals surface area contributed by atoms with Crippen molar-refractivity contribution in [3.8, 4) is 22.8 Å². The van der Waals surface area contributed by atoms with Crippen LogP contribution in [0.1, 0.15) is 59.8 Å². The summed E-state index contributed by atoms with van der Waals surface area (Å²) in [5, 5.41) is 14.7. The third-order valence-corrected chi connectivity index (χ3v) is 7.26. The minimum Gasteiger partial charge on any atom is -0.438 e. The molecule has 0 unspecified atom stereocenters. The van der Waals surface area contributed by atoms with Gasteiger partial charge in [0, 0.05) is 48.1 Å². The Hall–Kier alpha value is -3.91. The number of para-hydroxylation sites is 1. The predicted octanol–water partition coefficient (Wildman–Crippen LogP) is 4.85. The van der Waals surface area contributed by atoms with E-state index in [1.165, 1.54) is 4.57 Å². The lowest BCUT2D eigenvalue weighted by atomic mass is 9.91. The molecule has 8 heteroatoms. The molecule has 0 saturated heterocycles. The molecule has 5 rings (SSSR count). The molecule has 0 bridgehead atoms. The van der Waals surface area contributed by atoms with Crippen LogP contribution in [0.4, 0.5) is 0 Å². The van der Waals surface area contributed by atoms with Gasteiger partial charge < -0.3 is 24.7 Å². The number of amides is 1. The maximum atomic E-state index is 13.0. The van der Waals surface area contributed by atoms with Gasteiger partial charge in [0.15, 0.2) is 0 Å². The number of aromatic nitrogens is 3. The summed E-state index contributed by atoms with van der Waals surface area (Å²) in [4.78, 5) is 33.3. The summed E-state index contributed by atoms with van der Waals surface area (Å²) >= 11 is 0. The summed E-state index contributed by atoms with van der Waals surface area (Å²) in [6, 6.07) is 9.54. The molecule has 1 aromatic carbocycles. The van der Waals surface area contributed by atoms with Gasteiger partial charge in [0.2, 0.25) is 5.88 Å². The Labute approximate surface area is 215 Å². The zero-order valence-corrected chi connectivity index (χ0v) is 21.6. The molecule has 1 amide bonds. The molecule has 37 heavy (non-hydrogen) atoms. The molecule has 0 radical (unpaired) electrons. The van der Waals surface area contributed by atoms with Crippen molar-refractivity contribution in [1.29, 1.82) is 0 Å². The van der Waals surface area contributed by atoms with Crippen LogP contribution in [0.3, 0.4) is 0 Å². The summed E-state index contributed by atoms with van der Waals surface area (Å²) in [5.41, 5.74) is 3.41. The number of H-pyrrole nitrogens is 1. The summed E-state index contributed by atoms with van der Waals surface area (Å²) in [6.07, 6.45) is 6.65. The third kappa shape index (κ3) is 4.42. The third-order valence-electron chi connectivity index (χ3n) is 7.26. The van der Waals surface area contributed by atoms with E-state index in [9.17, 15) is 14.7 Å². The van der Waals surface area contributed by atoms with Crippen molar-refractivity contribution >= 4 is 16.8 Å². The number of hydrogen-bond donors (Lipinski definition) is 3. The molecule has 1 aliphatic rings. The quantitative estimate of drug-likeness (QED) is 0.351. The lowest BCUT2D eigenvalue weighted by Crippen LogP contribution is -2.23. The highest BCUT2D eigenvalue weighted by Gasteiger charge is 2.34. The predicted molar refractivity (Wildman–Crippen MR) is 143 cm³/mol. The van der Waals surface area contributed by atoms with Crippen molar-refractivity contribution in [3.63, 3.8) is 0 Å². The van der Waals surface area contributed by atoms with Crippen LogP contribution in [-0.4, -0.2) is 32.1 Å². The van der Waals surface area contributed by atoms with E-state index in [-0.39, 0.29) is 11.5 Å². The van der Waals surface area contributed by atoms with Crippen molar-refractivity contribution in [2.45, 2.75) is 52.1 Å². The SMILES string of the molecule is CCNC(=O)c1cc2c(-c3cc(C4(O)CCCC4)cnc3Oc3c(C)cccc3C)cn(C)c(=O)c2[nH]1. The van der Waals surface area contributed by atoms with Crippen molar-refractivity contribution < 1.29 is 14.6 Å². The minimum absolute atomic E-state index is 0.245. The number of aliphatic hydroxyl groups is 1. The van der Waals surface area contributed by atoms with Gasteiger partial charge in [-0.05, 0) is 56.9 Å². The normalized spacial score (nSPS) is 14.7. The second-order valence-corrected chi connectivity index (χ2v) is 9.93. The summed E-state index contributed by atoms with van der Waals surface area (Å²) in [7, 11) is 1.67. The van der Waals surface area contributed by atoms with Gasteiger partial charge in [0.1, 0.15) is 17.0 Å². The first kappa shape index (κ1) is 24.8. The molecule has 0 aliphatic heterocycles. The maximum Gasteiger partial charge on any atom is 0.274 e. The Bertz CT molecular complexity index is 1540. The van der Waals surface area contributed by atoms with Crippen LogP contribution in [0, 0.1) is 13.8 Å². The van der Waals surface area contributed by atoms with Gasteiger partial charge in [0.05, 0.1) is 5.60 Å². The number of aryl methyl sites for hydroxylation is 3. The van der Waals surface area contributed by atoms with Crippen molar-refractivity contribution in [1.82, 2.24) is 19.9 Å². The molecule has 192 valence electrons. The van der Waals surface area contributed by atoms with Crippen LogP contribution in [0.5, 0.6) is 11.6 Å². The Morgan fingerprint density at radius 1 is 1.19 bits per heavy atom. The van der Waals surface area contributed by atoms with Gasteiger partial charge in [-0.15, -0.1) is 0 Å². The number of carbonyl (C=O) groups excluding carboxylic acids is 1. The zero-order chi connectivity index (χ0) is 26.3. The monoisotopic (exact) mass is 500 g/mol. The van der Waals surface area contributed by atoms with E-state index in [1.54, 1.807) is 25.5 Å². The molecule has 4 aromatic rings. The number of benzene rings is 1. The van der Waals surface area contributed by atoms with Crippen LogP contribution in [0.25, 0.3) is 22.0 Å². The lowest BCUT2D eigenvalue weighted by molar-refractivity contribution is 0.0441. The summed E-state index contributed by atoms with van der Waals surface area (Å²) < 4.78 is 7.90. The van der Waals surface area contributed by atoms with Gasteiger partial charge in [0.25, 0.3) is 11.5 Å². The van der Waals surface area contributed by atoms with Crippen LogP contribution >= 0.6 is 0 Å². The fraction of sp³-hybridized carbons (Fsp3) is 0.345. The Morgan fingerprint density at radius 3 is 2.57 bits per heavy atom. The average molecular weight is 501 g/mol. The molecule has 0 atom stereocenters. The number of fused-ring (bicyclic) bond motifs is 1. The van der Waals surface area contributed by atoms with E-state index in [2.05, 4.69) is 10.3 Å². The molecule has 3 aromatic heterocycles. The number of hydrogen-bond acceptors (Lipinski definition) is 5. The molecule has 3 N–H and O–H groups in total. The number of nitrogens with zero attached hydrogens (tertiary/aromatic N) is 2. The Morgan fingerprint density at radius 2 is 1.89 bits per heavy atom. The zero-order valence-electron chi connectivity index (χ0n) is 21.6. The van der Waals surface area contributed by atoms with Crippen LogP contribution in [0.15, 0.2) is 47.5 Å². The number of rotatable bonds is 6. The van der Waals surface area contributed by atoms with Gasteiger partial charge in [-0.25, -0.2) is 4.98 Å². The first-order valence-electron chi connectivity index (χ1n) is 12.7. The maximum absolute atomic E-state index is 13.0. The van der Waals surface area contributed by atoms with Crippen LogP contribution < -0.4 is 15.6 Å². The van der Waals surface area contributed by atoms with Gasteiger partial charge >= 0.3 is 0 Å². The smallest absolute Gasteiger partial charge is 0.274 e. The number of carbonyl (C=O) groups is 1. The fourth-order valence-electron chi connectivity index (χ4n) is 5.21. The highest BCUT2D eigenvalue weighted by atomic mass is 16.5. The second-order valence-electron chi connectivity index (χ2n) is 9.93. The largest absolute Gasteiger partial charge is 0.438 e. The Balaban J connectivity index is 1.75. The van der Waals surface area contributed by atoms with Gasteiger partial charge in [-0.2, -0.15) is 0 Å². The molecule has 8 nitrogen and oxygen atoms in total.